The van der Waals surface area contributed by atoms with Gasteiger partial charge in [-0.3, -0.25) is 9.59 Å². The molecule has 10 heteroatoms. The lowest BCUT2D eigenvalue weighted by Gasteiger charge is -2.13. The first-order valence-corrected chi connectivity index (χ1v) is 7.86. The summed E-state index contributed by atoms with van der Waals surface area (Å²) in [5.74, 6) is -1.07. The molecule has 0 fully saturated rings. The second-order valence-electron chi connectivity index (χ2n) is 5.15. The molecule has 1 atom stereocenters. The van der Waals surface area contributed by atoms with Crippen molar-refractivity contribution in [3.05, 3.63) is 51.7 Å². The highest BCUT2D eigenvalue weighted by molar-refractivity contribution is 8.00. The van der Waals surface area contributed by atoms with E-state index >= 15 is 0 Å². The van der Waals surface area contributed by atoms with Crippen LogP contribution in [0.15, 0.2) is 34.2 Å². The van der Waals surface area contributed by atoms with Crippen molar-refractivity contribution in [2.45, 2.75) is 30.4 Å². The second kappa shape index (κ2) is 7.26. The number of aryl methyl sites for hydroxylation is 1. The number of aromatic amines is 1. The summed E-state index contributed by atoms with van der Waals surface area (Å²) in [6, 6.07) is 4.45. The van der Waals surface area contributed by atoms with Crippen molar-refractivity contribution in [1.29, 1.82) is 0 Å². The van der Waals surface area contributed by atoms with Crippen LogP contribution in [0.3, 0.4) is 0 Å². The van der Waals surface area contributed by atoms with Gasteiger partial charge in [-0.2, -0.15) is 13.2 Å². The SMILES string of the molecule is Cc1ccc(NC(=O)C(C)Sc2nc(C(F)(F)F)cc(=O)[nH]2)cc1F. The summed E-state index contributed by atoms with van der Waals surface area (Å²) in [5.41, 5.74) is -1.69. The average Bonchev–Trinajstić information content (AvgIpc) is 2.49. The van der Waals surface area contributed by atoms with Crippen LogP contribution < -0.4 is 10.9 Å². The summed E-state index contributed by atoms with van der Waals surface area (Å²) in [6.45, 7) is 2.99. The van der Waals surface area contributed by atoms with Gasteiger partial charge >= 0.3 is 6.18 Å². The number of anilines is 1. The van der Waals surface area contributed by atoms with Crippen LogP contribution in [0, 0.1) is 12.7 Å². The Bertz CT molecular complexity index is 851. The van der Waals surface area contributed by atoms with Crippen molar-refractivity contribution in [2.24, 2.45) is 0 Å². The summed E-state index contributed by atoms with van der Waals surface area (Å²) in [4.78, 5) is 28.8. The molecule has 1 amide bonds. The predicted molar refractivity (Wildman–Crippen MR) is 84.9 cm³/mol. The molecule has 1 heterocycles. The molecule has 2 rings (SSSR count). The van der Waals surface area contributed by atoms with E-state index in [9.17, 15) is 27.2 Å². The molecule has 2 N–H and O–H groups in total. The number of hydrogen-bond donors (Lipinski definition) is 2. The molecule has 0 aliphatic rings. The number of halogens is 4. The van der Waals surface area contributed by atoms with Crippen molar-refractivity contribution in [3.63, 3.8) is 0 Å². The Labute approximate surface area is 143 Å². The molecular formula is C15H13F4N3O2S. The van der Waals surface area contributed by atoms with E-state index in [0.717, 1.165) is 6.07 Å². The monoisotopic (exact) mass is 375 g/mol. The van der Waals surface area contributed by atoms with Crippen LogP contribution in [-0.2, 0) is 11.0 Å². The third-order valence-corrected chi connectivity index (χ3v) is 4.09. The minimum atomic E-state index is -4.77. The van der Waals surface area contributed by atoms with Crippen molar-refractivity contribution in [1.82, 2.24) is 9.97 Å². The highest BCUT2D eigenvalue weighted by atomic mass is 32.2. The summed E-state index contributed by atoms with van der Waals surface area (Å²) < 4.78 is 51.5. The molecule has 1 aromatic carbocycles. The Morgan fingerprint density at radius 3 is 2.60 bits per heavy atom. The van der Waals surface area contributed by atoms with Gasteiger partial charge in [0.2, 0.25) is 5.91 Å². The summed E-state index contributed by atoms with van der Waals surface area (Å²) >= 11 is 0.650. The topological polar surface area (TPSA) is 74.8 Å². The Balaban J connectivity index is 2.12. The lowest BCUT2D eigenvalue weighted by molar-refractivity contribution is -0.141. The minimum absolute atomic E-state index is 0.214. The zero-order valence-electron chi connectivity index (χ0n) is 13.1. The number of thioether (sulfide) groups is 1. The average molecular weight is 375 g/mol. The van der Waals surface area contributed by atoms with Gasteiger partial charge in [0, 0.05) is 11.8 Å². The van der Waals surface area contributed by atoms with E-state index in [1.54, 1.807) is 6.92 Å². The van der Waals surface area contributed by atoms with E-state index in [2.05, 4.69) is 15.3 Å². The first-order valence-electron chi connectivity index (χ1n) is 6.98. The highest BCUT2D eigenvalue weighted by Gasteiger charge is 2.33. The van der Waals surface area contributed by atoms with Crippen LogP contribution in [0.5, 0.6) is 0 Å². The predicted octanol–water partition coefficient (Wildman–Crippen LogP) is 3.36. The fourth-order valence-corrected chi connectivity index (χ4v) is 2.58. The molecule has 0 bridgehead atoms. The molecule has 0 saturated carbocycles. The number of carbonyl (C=O) groups excluding carboxylic acids is 1. The van der Waals surface area contributed by atoms with E-state index in [4.69, 9.17) is 0 Å². The summed E-state index contributed by atoms with van der Waals surface area (Å²) in [7, 11) is 0. The number of benzene rings is 1. The van der Waals surface area contributed by atoms with Crippen LogP contribution in [0.2, 0.25) is 0 Å². The first kappa shape index (κ1) is 19.0. The lowest BCUT2D eigenvalue weighted by atomic mass is 10.2. The van der Waals surface area contributed by atoms with Gasteiger partial charge in [-0.1, -0.05) is 17.8 Å². The van der Waals surface area contributed by atoms with Crippen LogP contribution >= 0.6 is 11.8 Å². The van der Waals surface area contributed by atoms with Gasteiger partial charge in [-0.05, 0) is 31.5 Å². The van der Waals surface area contributed by atoms with E-state index in [1.807, 2.05) is 0 Å². The number of H-pyrrole nitrogens is 1. The summed E-state index contributed by atoms with van der Waals surface area (Å²) in [6.07, 6.45) is -4.77. The van der Waals surface area contributed by atoms with Crippen molar-refractivity contribution in [3.8, 4) is 0 Å². The van der Waals surface area contributed by atoms with Crippen molar-refractivity contribution < 1.29 is 22.4 Å². The standard InChI is InChI=1S/C15H13F4N3O2S/c1-7-3-4-9(5-10(7)16)20-13(24)8(2)25-14-21-11(15(17,18)19)6-12(23)22-14/h3-6,8H,1-2H3,(H,20,24)(H,21,22,23). The smallest absolute Gasteiger partial charge is 0.325 e. The Morgan fingerprint density at radius 2 is 2.00 bits per heavy atom. The van der Waals surface area contributed by atoms with E-state index < -0.39 is 34.4 Å². The number of aromatic nitrogens is 2. The fraction of sp³-hybridized carbons (Fsp3) is 0.267. The molecule has 0 aliphatic heterocycles. The molecule has 25 heavy (non-hydrogen) atoms. The number of hydrogen-bond acceptors (Lipinski definition) is 4. The molecule has 1 unspecified atom stereocenters. The zero-order chi connectivity index (χ0) is 18.8. The van der Waals surface area contributed by atoms with Crippen LogP contribution in [0.25, 0.3) is 0 Å². The van der Waals surface area contributed by atoms with Gasteiger partial charge in [0.25, 0.3) is 5.56 Å². The number of amides is 1. The summed E-state index contributed by atoms with van der Waals surface area (Å²) in [5, 5.41) is 1.23. The maximum atomic E-state index is 13.5. The fourth-order valence-electron chi connectivity index (χ4n) is 1.77. The molecular weight excluding hydrogens is 362 g/mol. The van der Waals surface area contributed by atoms with E-state index in [0.29, 0.717) is 23.4 Å². The second-order valence-corrected chi connectivity index (χ2v) is 6.48. The van der Waals surface area contributed by atoms with Gasteiger partial charge in [0.15, 0.2) is 10.9 Å². The number of nitrogens with one attached hydrogen (secondary N) is 2. The molecule has 0 saturated heterocycles. The lowest BCUT2D eigenvalue weighted by Crippen LogP contribution is -2.24. The van der Waals surface area contributed by atoms with Gasteiger partial charge in [-0.15, -0.1) is 0 Å². The quantitative estimate of drug-likeness (QED) is 0.488. The number of carbonyl (C=O) groups is 1. The van der Waals surface area contributed by atoms with Gasteiger partial charge in [0.1, 0.15) is 5.82 Å². The van der Waals surface area contributed by atoms with Gasteiger partial charge < -0.3 is 10.3 Å². The first-order chi connectivity index (χ1) is 11.6. The molecule has 2 aromatic rings. The highest BCUT2D eigenvalue weighted by Crippen LogP contribution is 2.28. The Morgan fingerprint density at radius 1 is 1.32 bits per heavy atom. The minimum Gasteiger partial charge on any atom is -0.325 e. The van der Waals surface area contributed by atoms with E-state index in [-0.39, 0.29) is 10.8 Å². The molecule has 134 valence electrons. The van der Waals surface area contributed by atoms with E-state index in [1.165, 1.54) is 19.1 Å². The maximum Gasteiger partial charge on any atom is 0.433 e. The zero-order valence-corrected chi connectivity index (χ0v) is 13.9. The van der Waals surface area contributed by atoms with Crippen LogP contribution in [0.1, 0.15) is 18.2 Å². The van der Waals surface area contributed by atoms with Crippen LogP contribution in [0.4, 0.5) is 23.2 Å². The Kier molecular flexibility index (Phi) is 5.51. The van der Waals surface area contributed by atoms with Gasteiger partial charge in [-0.25, -0.2) is 9.37 Å². The molecule has 0 aliphatic carbocycles. The molecule has 0 spiro atoms. The molecule has 0 radical (unpaired) electrons. The normalized spacial score (nSPS) is 12.7. The van der Waals surface area contributed by atoms with Crippen molar-refractivity contribution >= 4 is 23.4 Å². The number of alkyl halides is 3. The molecule has 5 nitrogen and oxygen atoms in total. The largest absolute Gasteiger partial charge is 0.433 e. The number of nitrogens with zero attached hydrogens (tertiary/aromatic N) is 1. The Hall–Kier alpha value is -2.36. The molecule has 1 aromatic heterocycles. The van der Waals surface area contributed by atoms with Crippen molar-refractivity contribution in [2.75, 3.05) is 5.32 Å². The number of rotatable bonds is 4. The third-order valence-electron chi connectivity index (χ3n) is 3.11. The maximum absolute atomic E-state index is 13.5. The van der Waals surface area contributed by atoms with Gasteiger partial charge in [0.05, 0.1) is 5.25 Å². The third kappa shape index (κ3) is 5.05. The van der Waals surface area contributed by atoms with Crippen LogP contribution in [-0.4, -0.2) is 21.1 Å².